The summed E-state index contributed by atoms with van der Waals surface area (Å²) in [6.07, 6.45) is 2.42. The van der Waals surface area contributed by atoms with Crippen LogP contribution in [0.4, 0.5) is 0 Å². The highest BCUT2D eigenvalue weighted by molar-refractivity contribution is 5.76. The van der Waals surface area contributed by atoms with Crippen molar-refractivity contribution in [2.24, 2.45) is 11.7 Å². The van der Waals surface area contributed by atoms with Crippen LogP contribution in [-0.4, -0.2) is 57.4 Å². The first-order valence-electron chi connectivity index (χ1n) is 6.20. The highest BCUT2D eigenvalue weighted by Crippen LogP contribution is 2.17. The zero-order valence-electron chi connectivity index (χ0n) is 10.9. The molecule has 1 aliphatic rings. The molecule has 17 heavy (non-hydrogen) atoms. The smallest absolute Gasteiger partial charge is 0.225 e. The van der Waals surface area contributed by atoms with Gasteiger partial charge >= 0.3 is 0 Å². The van der Waals surface area contributed by atoms with E-state index >= 15 is 0 Å². The normalized spacial score (nSPS) is 22.5. The Kier molecular flexibility index (Phi) is 6.47. The van der Waals surface area contributed by atoms with Gasteiger partial charge in [0.2, 0.25) is 5.91 Å². The summed E-state index contributed by atoms with van der Waals surface area (Å²) in [5, 5.41) is 0. The van der Waals surface area contributed by atoms with E-state index in [4.69, 9.17) is 15.2 Å². The van der Waals surface area contributed by atoms with Gasteiger partial charge in [-0.15, -0.1) is 0 Å². The number of likely N-dealkylation sites (tertiary alicyclic amines) is 1. The summed E-state index contributed by atoms with van der Waals surface area (Å²) in [5.74, 6) is 0.611. The number of piperidine rings is 1. The van der Waals surface area contributed by atoms with Gasteiger partial charge in [0.1, 0.15) is 0 Å². The van der Waals surface area contributed by atoms with Crippen molar-refractivity contribution in [3.63, 3.8) is 0 Å². The first-order chi connectivity index (χ1) is 8.21. The molecule has 1 rings (SSSR count). The highest BCUT2D eigenvalue weighted by atomic mass is 16.5. The Bertz CT molecular complexity index is 230. The molecule has 0 saturated carbocycles. The second kappa shape index (κ2) is 7.63. The van der Waals surface area contributed by atoms with Crippen molar-refractivity contribution in [3.05, 3.63) is 0 Å². The van der Waals surface area contributed by atoms with E-state index in [0.29, 0.717) is 18.9 Å². The number of hydrogen-bond donors (Lipinski definition) is 1. The van der Waals surface area contributed by atoms with Crippen molar-refractivity contribution >= 4 is 5.91 Å². The predicted molar refractivity (Wildman–Crippen MR) is 65.6 cm³/mol. The second-order valence-corrected chi connectivity index (χ2v) is 4.60. The number of ether oxygens (including phenoxy) is 2. The van der Waals surface area contributed by atoms with Gasteiger partial charge in [0, 0.05) is 33.9 Å². The fraction of sp³-hybridized carbons (Fsp3) is 0.917. The molecule has 0 aromatic carbocycles. The molecule has 0 aromatic rings. The van der Waals surface area contributed by atoms with Gasteiger partial charge in [-0.1, -0.05) is 0 Å². The maximum atomic E-state index is 12.0. The van der Waals surface area contributed by atoms with Crippen LogP contribution in [0.3, 0.4) is 0 Å². The summed E-state index contributed by atoms with van der Waals surface area (Å²) < 4.78 is 10.3. The first-order valence-corrected chi connectivity index (χ1v) is 6.20. The maximum Gasteiger partial charge on any atom is 0.225 e. The molecular weight excluding hydrogens is 220 g/mol. The van der Waals surface area contributed by atoms with Crippen LogP contribution in [-0.2, 0) is 14.3 Å². The van der Waals surface area contributed by atoms with Crippen molar-refractivity contribution < 1.29 is 14.3 Å². The van der Waals surface area contributed by atoms with E-state index in [1.165, 1.54) is 0 Å². The summed E-state index contributed by atoms with van der Waals surface area (Å²) in [4.78, 5) is 13.9. The Morgan fingerprint density at radius 2 is 2.29 bits per heavy atom. The summed E-state index contributed by atoms with van der Waals surface area (Å²) in [5.41, 5.74) is 5.52. The standard InChI is InChI=1S/C12H24N2O3/c1-16-9-10-4-3-5-14(8-10)12(15)6-11(7-13)17-2/h10-11H,3-9,13H2,1-2H3. The molecule has 1 aliphatic heterocycles. The summed E-state index contributed by atoms with van der Waals surface area (Å²) in [7, 11) is 3.30. The van der Waals surface area contributed by atoms with Gasteiger partial charge in [-0.2, -0.15) is 0 Å². The molecule has 2 unspecified atom stereocenters. The minimum atomic E-state index is -0.162. The van der Waals surface area contributed by atoms with Crippen LogP contribution in [0.1, 0.15) is 19.3 Å². The fourth-order valence-corrected chi connectivity index (χ4v) is 2.25. The van der Waals surface area contributed by atoms with E-state index in [-0.39, 0.29) is 12.0 Å². The van der Waals surface area contributed by atoms with Gasteiger partial charge in [-0.05, 0) is 18.8 Å². The number of rotatable bonds is 6. The van der Waals surface area contributed by atoms with Crippen LogP contribution in [0, 0.1) is 5.92 Å². The molecule has 5 heteroatoms. The lowest BCUT2D eigenvalue weighted by Crippen LogP contribution is -2.43. The van der Waals surface area contributed by atoms with Gasteiger partial charge in [-0.25, -0.2) is 0 Å². The SMILES string of the molecule is COCC1CCCN(C(=O)CC(CN)OC)C1. The molecule has 1 saturated heterocycles. The van der Waals surface area contributed by atoms with Crippen LogP contribution in [0.2, 0.25) is 0 Å². The average molecular weight is 244 g/mol. The van der Waals surface area contributed by atoms with Gasteiger partial charge in [0.25, 0.3) is 0 Å². The van der Waals surface area contributed by atoms with E-state index < -0.39 is 0 Å². The van der Waals surface area contributed by atoms with E-state index in [0.717, 1.165) is 32.5 Å². The van der Waals surface area contributed by atoms with Gasteiger partial charge in [0.15, 0.2) is 0 Å². The van der Waals surface area contributed by atoms with Crippen molar-refractivity contribution in [1.29, 1.82) is 0 Å². The molecule has 100 valence electrons. The number of hydrogen-bond acceptors (Lipinski definition) is 4. The van der Waals surface area contributed by atoms with E-state index in [1.807, 2.05) is 4.90 Å². The molecule has 0 spiro atoms. The van der Waals surface area contributed by atoms with Crippen LogP contribution >= 0.6 is 0 Å². The third-order valence-corrected chi connectivity index (χ3v) is 3.27. The highest BCUT2D eigenvalue weighted by Gasteiger charge is 2.24. The summed E-state index contributed by atoms with van der Waals surface area (Å²) in [6, 6.07) is 0. The largest absolute Gasteiger partial charge is 0.384 e. The summed E-state index contributed by atoms with van der Waals surface area (Å²) >= 11 is 0. The quantitative estimate of drug-likeness (QED) is 0.726. The van der Waals surface area contributed by atoms with Crippen molar-refractivity contribution in [2.75, 3.05) is 40.5 Å². The molecule has 0 aromatic heterocycles. The third kappa shape index (κ3) is 4.61. The molecule has 2 N–H and O–H groups in total. The lowest BCUT2D eigenvalue weighted by Gasteiger charge is -2.33. The zero-order valence-corrected chi connectivity index (χ0v) is 10.9. The Morgan fingerprint density at radius 1 is 1.53 bits per heavy atom. The minimum Gasteiger partial charge on any atom is -0.384 e. The van der Waals surface area contributed by atoms with Crippen molar-refractivity contribution in [3.8, 4) is 0 Å². The van der Waals surface area contributed by atoms with E-state index in [1.54, 1.807) is 14.2 Å². The topological polar surface area (TPSA) is 64.8 Å². The number of nitrogens with zero attached hydrogens (tertiary/aromatic N) is 1. The van der Waals surface area contributed by atoms with E-state index in [9.17, 15) is 4.79 Å². The second-order valence-electron chi connectivity index (χ2n) is 4.60. The Hall–Kier alpha value is -0.650. The molecule has 1 fully saturated rings. The number of nitrogens with two attached hydrogens (primary N) is 1. The molecule has 1 amide bonds. The maximum absolute atomic E-state index is 12.0. The molecule has 5 nitrogen and oxygen atoms in total. The number of methoxy groups -OCH3 is 2. The van der Waals surface area contributed by atoms with Gasteiger partial charge < -0.3 is 20.1 Å². The van der Waals surface area contributed by atoms with Crippen LogP contribution < -0.4 is 5.73 Å². The van der Waals surface area contributed by atoms with Crippen molar-refractivity contribution in [2.45, 2.75) is 25.4 Å². The minimum absolute atomic E-state index is 0.142. The van der Waals surface area contributed by atoms with E-state index in [2.05, 4.69) is 0 Å². The average Bonchev–Trinajstić information content (AvgIpc) is 2.36. The van der Waals surface area contributed by atoms with Crippen LogP contribution in [0.25, 0.3) is 0 Å². The third-order valence-electron chi connectivity index (χ3n) is 3.27. The molecule has 0 aliphatic carbocycles. The van der Waals surface area contributed by atoms with Gasteiger partial charge in [-0.3, -0.25) is 4.79 Å². The number of carbonyl (C=O) groups is 1. The number of amides is 1. The molecular formula is C12H24N2O3. The van der Waals surface area contributed by atoms with Crippen LogP contribution in [0.5, 0.6) is 0 Å². The molecule has 0 radical (unpaired) electrons. The first kappa shape index (κ1) is 14.4. The molecule has 0 bridgehead atoms. The Labute approximate surface area is 103 Å². The van der Waals surface area contributed by atoms with Crippen molar-refractivity contribution in [1.82, 2.24) is 4.90 Å². The molecule has 1 heterocycles. The Balaban J connectivity index is 2.40. The molecule has 2 atom stereocenters. The van der Waals surface area contributed by atoms with Crippen LogP contribution in [0.15, 0.2) is 0 Å². The number of carbonyl (C=O) groups excluding carboxylic acids is 1. The zero-order chi connectivity index (χ0) is 12.7. The summed E-state index contributed by atoms with van der Waals surface area (Å²) in [6.45, 7) is 2.76. The Morgan fingerprint density at radius 3 is 2.88 bits per heavy atom. The van der Waals surface area contributed by atoms with Gasteiger partial charge in [0.05, 0.1) is 19.1 Å². The predicted octanol–water partition coefficient (Wildman–Crippen LogP) is 0.235. The lowest BCUT2D eigenvalue weighted by molar-refractivity contribution is -0.135. The fourth-order valence-electron chi connectivity index (χ4n) is 2.25. The monoisotopic (exact) mass is 244 g/mol. The lowest BCUT2D eigenvalue weighted by atomic mass is 9.98.